The minimum absolute atomic E-state index is 0.141. The number of aromatic nitrogens is 1. The van der Waals surface area contributed by atoms with Crippen LogP contribution in [-0.4, -0.2) is 26.7 Å². The van der Waals surface area contributed by atoms with E-state index in [2.05, 4.69) is 10.3 Å². The van der Waals surface area contributed by atoms with Crippen LogP contribution in [-0.2, 0) is 0 Å². The summed E-state index contributed by atoms with van der Waals surface area (Å²) in [5.74, 6) is -0.637. The second-order valence-electron chi connectivity index (χ2n) is 4.31. The number of H-pyrrole nitrogens is 1. The normalized spacial score (nSPS) is 13.2. The fourth-order valence-corrected chi connectivity index (χ4v) is 1.14. The molecule has 0 aliphatic rings. The number of aromatic amines is 1. The zero-order valence-corrected chi connectivity index (χ0v) is 10.5. The molecule has 6 nitrogen and oxygen atoms in total. The van der Waals surface area contributed by atoms with Crippen molar-refractivity contribution in [2.45, 2.75) is 31.7 Å². The van der Waals surface area contributed by atoms with Crippen molar-refractivity contribution in [1.29, 1.82) is 0 Å². The van der Waals surface area contributed by atoms with Gasteiger partial charge in [0.2, 0.25) is 0 Å². The van der Waals surface area contributed by atoms with Crippen molar-refractivity contribution in [3.63, 3.8) is 0 Å². The van der Waals surface area contributed by atoms with Crippen molar-refractivity contribution in [3.8, 4) is 0 Å². The standard InChI is InChI=1S/C10H14ClN3O3/c1-6(11)10(2,3)13-9(15)7-4-5-8(12-7)14(16)17/h4-6,12H,1-3H3,(H,13,15). The number of carbonyl (C=O) groups is 1. The molecule has 0 radical (unpaired) electrons. The van der Waals surface area contributed by atoms with Gasteiger partial charge in [-0.15, -0.1) is 11.6 Å². The highest BCUT2D eigenvalue weighted by Crippen LogP contribution is 2.16. The number of amides is 1. The first kappa shape index (κ1) is 13.5. The fraction of sp³-hybridized carbons (Fsp3) is 0.500. The van der Waals surface area contributed by atoms with Crippen molar-refractivity contribution >= 4 is 23.3 Å². The van der Waals surface area contributed by atoms with Gasteiger partial charge in [0.1, 0.15) is 0 Å². The van der Waals surface area contributed by atoms with E-state index in [1.54, 1.807) is 20.8 Å². The molecule has 1 aromatic rings. The molecule has 0 bridgehead atoms. The Morgan fingerprint density at radius 2 is 2.18 bits per heavy atom. The Kier molecular flexibility index (Phi) is 3.77. The lowest BCUT2D eigenvalue weighted by Crippen LogP contribution is -2.49. The number of hydrogen-bond donors (Lipinski definition) is 2. The number of alkyl halides is 1. The minimum Gasteiger partial charge on any atom is -0.358 e. The Labute approximate surface area is 103 Å². The topological polar surface area (TPSA) is 88.0 Å². The van der Waals surface area contributed by atoms with E-state index in [-0.39, 0.29) is 16.9 Å². The SMILES string of the molecule is CC(Cl)C(C)(C)NC(=O)c1ccc([N+](=O)[O-])[nH]1. The van der Waals surface area contributed by atoms with Gasteiger partial charge >= 0.3 is 5.82 Å². The summed E-state index contributed by atoms with van der Waals surface area (Å²) in [6, 6.07) is 2.61. The molecule has 94 valence electrons. The molecule has 0 saturated heterocycles. The van der Waals surface area contributed by atoms with Crippen molar-refractivity contribution in [1.82, 2.24) is 10.3 Å². The molecular weight excluding hydrogens is 246 g/mol. The Bertz CT molecular complexity index is 440. The Morgan fingerprint density at radius 3 is 2.59 bits per heavy atom. The van der Waals surface area contributed by atoms with E-state index < -0.39 is 16.4 Å². The Morgan fingerprint density at radius 1 is 1.59 bits per heavy atom. The maximum atomic E-state index is 11.8. The lowest BCUT2D eigenvalue weighted by molar-refractivity contribution is -0.389. The van der Waals surface area contributed by atoms with Crippen LogP contribution in [0, 0.1) is 10.1 Å². The van der Waals surface area contributed by atoms with Gasteiger partial charge in [-0.25, -0.2) is 4.98 Å². The molecule has 0 saturated carbocycles. The number of carbonyl (C=O) groups excluding carboxylic acids is 1. The Hall–Kier alpha value is -1.56. The van der Waals surface area contributed by atoms with Gasteiger partial charge in [0, 0.05) is 6.07 Å². The number of nitrogens with zero attached hydrogens (tertiary/aromatic N) is 1. The Balaban J connectivity index is 2.80. The molecule has 1 amide bonds. The van der Waals surface area contributed by atoms with Crippen LogP contribution in [0.1, 0.15) is 31.3 Å². The second kappa shape index (κ2) is 4.75. The summed E-state index contributed by atoms with van der Waals surface area (Å²) in [5.41, 5.74) is -0.458. The van der Waals surface area contributed by atoms with E-state index in [9.17, 15) is 14.9 Å². The second-order valence-corrected chi connectivity index (χ2v) is 4.96. The van der Waals surface area contributed by atoms with E-state index in [1.807, 2.05) is 0 Å². The van der Waals surface area contributed by atoms with Gasteiger partial charge < -0.3 is 15.4 Å². The maximum Gasteiger partial charge on any atom is 0.321 e. The summed E-state index contributed by atoms with van der Waals surface area (Å²) in [4.78, 5) is 24.1. The smallest absolute Gasteiger partial charge is 0.321 e. The van der Waals surface area contributed by atoms with Crippen LogP contribution in [0.15, 0.2) is 12.1 Å². The quantitative estimate of drug-likeness (QED) is 0.493. The van der Waals surface area contributed by atoms with Crippen LogP contribution in [0.5, 0.6) is 0 Å². The molecule has 0 fully saturated rings. The average Bonchev–Trinajstić information content (AvgIpc) is 2.65. The molecule has 0 aliphatic heterocycles. The fourth-order valence-electron chi connectivity index (χ4n) is 1.08. The van der Waals surface area contributed by atoms with Gasteiger partial charge in [0.15, 0.2) is 5.69 Å². The van der Waals surface area contributed by atoms with Crippen LogP contribution in [0.25, 0.3) is 0 Å². The average molecular weight is 260 g/mol. The summed E-state index contributed by atoms with van der Waals surface area (Å²) in [6.07, 6.45) is 0. The summed E-state index contributed by atoms with van der Waals surface area (Å²) >= 11 is 5.92. The largest absolute Gasteiger partial charge is 0.358 e. The maximum absolute atomic E-state index is 11.8. The third kappa shape index (κ3) is 3.20. The van der Waals surface area contributed by atoms with Crippen molar-refractivity contribution in [2.75, 3.05) is 0 Å². The lowest BCUT2D eigenvalue weighted by atomic mass is 10.0. The van der Waals surface area contributed by atoms with Crippen LogP contribution >= 0.6 is 11.6 Å². The molecule has 7 heteroatoms. The van der Waals surface area contributed by atoms with E-state index in [4.69, 9.17) is 11.6 Å². The molecule has 1 rings (SSSR count). The van der Waals surface area contributed by atoms with Crippen LogP contribution < -0.4 is 5.32 Å². The van der Waals surface area contributed by atoms with Gasteiger partial charge in [0.05, 0.1) is 10.9 Å². The number of rotatable bonds is 4. The highest BCUT2D eigenvalue weighted by Gasteiger charge is 2.28. The summed E-state index contributed by atoms with van der Waals surface area (Å²) in [5, 5.41) is 12.9. The number of hydrogen-bond acceptors (Lipinski definition) is 3. The number of nitrogens with one attached hydrogen (secondary N) is 2. The molecule has 0 aliphatic carbocycles. The molecule has 17 heavy (non-hydrogen) atoms. The molecule has 0 aromatic carbocycles. The number of nitro groups is 1. The first-order valence-corrected chi connectivity index (χ1v) is 5.47. The van der Waals surface area contributed by atoms with Gasteiger partial charge in [-0.2, -0.15) is 0 Å². The number of halogens is 1. The van der Waals surface area contributed by atoms with E-state index >= 15 is 0 Å². The van der Waals surface area contributed by atoms with Gasteiger partial charge in [0.25, 0.3) is 5.91 Å². The molecule has 1 atom stereocenters. The van der Waals surface area contributed by atoms with Gasteiger partial charge in [-0.05, 0) is 31.8 Å². The van der Waals surface area contributed by atoms with E-state index in [0.717, 1.165) is 0 Å². The van der Waals surface area contributed by atoms with Crippen LogP contribution in [0.2, 0.25) is 0 Å². The molecular formula is C10H14ClN3O3. The highest BCUT2D eigenvalue weighted by atomic mass is 35.5. The predicted octanol–water partition coefficient (Wildman–Crippen LogP) is 2.06. The lowest BCUT2D eigenvalue weighted by Gasteiger charge is -2.28. The summed E-state index contributed by atoms with van der Waals surface area (Å²) < 4.78 is 0. The summed E-state index contributed by atoms with van der Waals surface area (Å²) in [6.45, 7) is 5.32. The van der Waals surface area contributed by atoms with Crippen LogP contribution in [0.3, 0.4) is 0 Å². The molecule has 1 unspecified atom stereocenters. The highest BCUT2D eigenvalue weighted by molar-refractivity contribution is 6.21. The van der Waals surface area contributed by atoms with Crippen molar-refractivity contribution in [3.05, 3.63) is 27.9 Å². The first-order chi connectivity index (χ1) is 7.74. The third-order valence-electron chi connectivity index (χ3n) is 2.54. The first-order valence-electron chi connectivity index (χ1n) is 5.04. The van der Waals surface area contributed by atoms with E-state index in [1.165, 1.54) is 12.1 Å². The van der Waals surface area contributed by atoms with E-state index in [0.29, 0.717) is 0 Å². The van der Waals surface area contributed by atoms with Crippen molar-refractivity contribution < 1.29 is 9.72 Å². The van der Waals surface area contributed by atoms with Gasteiger partial charge in [-0.3, -0.25) is 4.79 Å². The third-order valence-corrected chi connectivity index (χ3v) is 3.09. The zero-order chi connectivity index (χ0) is 13.2. The molecule has 1 aromatic heterocycles. The monoisotopic (exact) mass is 259 g/mol. The minimum atomic E-state index is -0.599. The van der Waals surface area contributed by atoms with Crippen LogP contribution in [0.4, 0.5) is 5.82 Å². The molecule has 2 N–H and O–H groups in total. The summed E-state index contributed by atoms with van der Waals surface area (Å²) in [7, 11) is 0. The van der Waals surface area contributed by atoms with Gasteiger partial charge in [-0.1, -0.05) is 0 Å². The molecule has 1 heterocycles. The molecule has 0 spiro atoms. The van der Waals surface area contributed by atoms with Crippen molar-refractivity contribution in [2.24, 2.45) is 0 Å². The predicted molar refractivity (Wildman–Crippen MR) is 64.3 cm³/mol. The zero-order valence-electron chi connectivity index (χ0n) is 9.78.